The summed E-state index contributed by atoms with van der Waals surface area (Å²) in [6, 6.07) is 17.0. The molecule has 6 heteroatoms. The van der Waals surface area contributed by atoms with E-state index in [4.69, 9.17) is 4.74 Å². The second-order valence-corrected chi connectivity index (χ2v) is 6.50. The number of para-hydroxylation sites is 1. The van der Waals surface area contributed by atoms with Gasteiger partial charge in [-0.05, 0) is 56.3 Å². The molecule has 6 nitrogen and oxygen atoms in total. The summed E-state index contributed by atoms with van der Waals surface area (Å²) in [6.45, 7) is 0.369. The predicted molar refractivity (Wildman–Crippen MR) is 100 cm³/mol. The number of ether oxygens (including phenoxy) is 1. The van der Waals surface area contributed by atoms with Crippen molar-refractivity contribution in [3.05, 3.63) is 54.6 Å². The van der Waals surface area contributed by atoms with Gasteiger partial charge in [-0.25, -0.2) is 0 Å². The maximum atomic E-state index is 12.1. The van der Waals surface area contributed by atoms with Crippen LogP contribution < -0.4 is 15.4 Å². The second kappa shape index (κ2) is 8.49. The Balaban J connectivity index is 1.44. The Morgan fingerprint density at radius 2 is 1.58 bits per heavy atom. The molecule has 1 aliphatic carbocycles. The summed E-state index contributed by atoms with van der Waals surface area (Å²) in [5.74, 6) is 1.26. The molecule has 136 valence electrons. The Labute approximate surface area is 153 Å². The third-order valence-corrected chi connectivity index (χ3v) is 3.89. The summed E-state index contributed by atoms with van der Waals surface area (Å²) >= 11 is 0. The van der Waals surface area contributed by atoms with Crippen LogP contribution >= 0.6 is 0 Å². The maximum Gasteiger partial charge on any atom is 0.238 e. The minimum atomic E-state index is -0.163. The summed E-state index contributed by atoms with van der Waals surface area (Å²) in [7, 11) is 1.75. The van der Waals surface area contributed by atoms with E-state index in [-0.39, 0.29) is 24.9 Å². The Morgan fingerprint density at radius 1 is 0.962 bits per heavy atom. The van der Waals surface area contributed by atoms with Crippen LogP contribution in [0.3, 0.4) is 0 Å². The lowest BCUT2D eigenvalue weighted by atomic mass is 10.3. The molecule has 0 saturated heterocycles. The van der Waals surface area contributed by atoms with E-state index in [0.717, 1.165) is 18.6 Å². The van der Waals surface area contributed by atoms with E-state index in [1.54, 1.807) is 36.2 Å². The van der Waals surface area contributed by atoms with E-state index in [1.165, 1.54) is 0 Å². The molecule has 0 unspecified atom stereocenters. The lowest BCUT2D eigenvalue weighted by Crippen LogP contribution is -2.39. The Hall–Kier alpha value is -2.86. The lowest BCUT2D eigenvalue weighted by molar-refractivity contribution is -0.123. The molecule has 3 rings (SSSR count). The average molecular weight is 353 g/mol. The van der Waals surface area contributed by atoms with E-state index < -0.39 is 0 Å². The number of benzene rings is 2. The Bertz CT molecular complexity index is 743. The van der Waals surface area contributed by atoms with Crippen LogP contribution in [0.1, 0.15) is 12.8 Å². The van der Waals surface area contributed by atoms with Crippen molar-refractivity contribution in [3.8, 4) is 11.5 Å². The van der Waals surface area contributed by atoms with Crippen molar-refractivity contribution in [2.75, 3.05) is 25.5 Å². The van der Waals surface area contributed by atoms with Crippen molar-refractivity contribution in [1.29, 1.82) is 0 Å². The number of nitrogens with one attached hydrogen (secondary N) is 2. The summed E-state index contributed by atoms with van der Waals surface area (Å²) in [5.41, 5.74) is 0.686. The molecule has 26 heavy (non-hydrogen) atoms. The molecule has 1 fully saturated rings. The average Bonchev–Trinajstić information content (AvgIpc) is 3.41. The molecule has 2 aromatic rings. The number of hydrogen-bond acceptors (Lipinski definition) is 4. The number of carbonyl (C=O) groups is 2. The summed E-state index contributed by atoms with van der Waals surface area (Å²) in [6.07, 6.45) is 2.11. The molecule has 0 radical (unpaired) electrons. The van der Waals surface area contributed by atoms with Gasteiger partial charge in [-0.2, -0.15) is 0 Å². The van der Waals surface area contributed by atoms with Crippen molar-refractivity contribution in [2.45, 2.75) is 18.9 Å². The van der Waals surface area contributed by atoms with Gasteiger partial charge in [0.1, 0.15) is 11.5 Å². The molecule has 1 saturated carbocycles. The predicted octanol–water partition coefficient (Wildman–Crippen LogP) is 2.63. The van der Waals surface area contributed by atoms with E-state index in [2.05, 4.69) is 10.6 Å². The number of rotatable bonds is 8. The fourth-order valence-corrected chi connectivity index (χ4v) is 2.48. The van der Waals surface area contributed by atoms with Gasteiger partial charge in [0.15, 0.2) is 0 Å². The fourth-order valence-electron chi connectivity index (χ4n) is 2.48. The zero-order valence-electron chi connectivity index (χ0n) is 14.8. The van der Waals surface area contributed by atoms with Gasteiger partial charge in [0.2, 0.25) is 11.8 Å². The first kappa shape index (κ1) is 17.9. The van der Waals surface area contributed by atoms with Gasteiger partial charge >= 0.3 is 0 Å². The van der Waals surface area contributed by atoms with E-state index in [1.807, 2.05) is 30.3 Å². The minimum Gasteiger partial charge on any atom is -0.457 e. The van der Waals surface area contributed by atoms with Crippen molar-refractivity contribution < 1.29 is 14.3 Å². The normalized spacial score (nSPS) is 13.3. The molecule has 1 aliphatic rings. The van der Waals surface area contributed by atoms with Crippen LogP contribution in [0.15, 0.2) is 54.6 Å². The van der Waals surface area contributed by atoms with Crippen LogP contribution in [0.5, 0.6) is 11.5 Å². The fraction of sp³-hybridized carbons (Fsp3) is 0.300. The first-order chi connectivity index (χ1) is 12.6. The van der Waals surface area contributed by atoms with Gasteiger partial charge in [-0.3, -0.25) is 14.5 Å². The highest BCUT2D eigenvalue weighted by molar-refractivity contribution is 5.92. The highest BCUT2D eigenvalue weighted by Crippen LogP contribution is 2.22. The number of anilines is 1. The van der Waals surface area contributed by atoms with E-state index in [0.29, 0.717) is 17.5 Å². The van der Waals surface area contributed by atoms with Crippen molar-refractivity contribution in [2.24, 2.45) is 0 Å². The number of hydrogen-bond donors (Lipinski definition) is 2. The van der Waals surface area contributed by atoms with Crippen LogP contribution in [0.25, 0.3) is 0 Å². The molecule has 0 aromatic heterocycles. The lowest BCUT2D eigenvalue weighted by Gasteiger charge is -2.16. The largest absolute Gasteiger partial charge is 0.457 e. The smallest absolute Gasteiger partial charge is 0.238 e. The van der Waals surface area contributed by atoms with Gasteiger partial charge < -0.3 is 15.4 Å². The zero-order valence-corrected chi connectivity index (χ0v) is 14.8. The SMILES string of the molecule is CN(CC(=O)Nc1ccc(Oc2ccccc2)cc1)CC(=O)NC1CC1. The zero-order chi connectivity index (χ0) is 18.4. The van der Waals surface area contributed by atoms with Crippen molar-refractivity contribution >= 4 is 17.5 Å². The van der Waals surface area contributed by atoms with Crippen LogP contribution in [0.2, 0.25) is 0 Å². The van der Waals surface area contributed by atoms with Crippen LogP contribution in [-0.2, 0) is 9.59 Å². The maximum absolute atomic E-state index is 12.1. The molecule has 2 amide bonds. The molecule has 0 heterocycles. The van der Waals surface area contributed by atoms with Gasteiger partial charge in [0.25, 0.3) is 0 Å². The molecule has 0 spiro atoms. The number of likely N-dealkylation sites (N-methyl/N-ethyl adjacent to an activating group) is 1. The molecule has 2 aromatic carbocycles. The molecule has 0 aliphatic heterocycles. The third-order valence-electron chi connectivity index (χ3n) is 3.89. The monoisotopic (exact) mass is 353 g/mol. The first-order valence-corrected chi connectivity index (χ1v) is 8.69. The van der Waals surface area contributed by atoms with Crippen molar-refractivity contribution in [3.63, 3.8) is 0 Å². The van der Waals surface area contributed by atoms with Gasteiger partial charge in [0.05, 0.1) is 13.1 Å². The van der Waals surface area contributed by atoms with Crippen LogP contribution in [0, 0.1) is 0 Å². The second-order valence-electron chi connectivity index (χ2n) is 6.50. The molecule has 2 N–H and O–H groups in total. The van der Waals surface area contributed by atoms with E-state index in [9.17, 15) is 9.59 Å². The Kier molecular flexibility index (Phi) is 5.86. The first-order valence-electron chi connectivity index (χ1n) is 8.69. The highest BCUT2D eigenvalue weighted by Gasteiger charge is 2.23. The number of carbonyl (C=O) groups excluding carboxylic acids is 2. The van der Waals surface area contributed by atoms with E-state index >= 15 is 0 Å². The van der Waals surface area contributed by atoms with Crippen LogP contribution in [0.4, 0.5) is 5.69 Å². The quantitative estimate of drug-likeness (QED) is 0.765. The summed E-state index contributed by atoms with van der Waals surface area (Å²) in [4.78, 5) is 25.5. The van der Waals surface area contributed by atoms with Gasteiger partial charge in [0, 0.05) is 11.7 Å². The molecular formula is C20H23N3O3. The third kappa shape index (κ3) is 5.89. The summed E-state index contributed by atoms with van der Waals surface area (Å²) in [5, 5.41) is 5.73. The molecule has 0 atom stereocenters. The van der Waals surface area contributed by atoms with Crippen molar-refractivity contribution in [1.82, 2.24) is 10.2 Å². The van der Waals surface area contributed by atoms with Gasteiger partial charge in [-0.15, -0.1) is 0 Å². The number of nitrogens with zero attached hydrogens (tertiary/aromatic N) is 1. The Morgan fingerprint density at radius 3 is 2.23 bits per heavy atom. The number of amides is 2. The van der Waals surface area contributed by atoms with Gasteiger partial charge in [-0.1, -0.05) is 18.2 Å². The van der Waals surface area contributed by atoms with Crippen LogP contribution in [-0.4, -0.2) is 42.9 Å². The molecular weight excluding hydrogens is 330 g/mol. The summed E-state index contributed by atoms with van der Waals surface area (Å²) < 4.78 is 5.72. The minimum absolute atomic E-state index is 0.0368. The standard InChI is InChI=1S/C20H23N3O3/c1-23(13-19(24)21-15-7-8-15)14-20(25)22-16-9-11-18(12-10-16)26-17-5-3-2-4-6-17/h2-6,9-12,15H,7-8,13-14H2,1H3,(H,21,24)(H,22,25). The topological polar surface area (TPSA) is 70.7 Å². The molecule has 0 bridgehead atoms. The highest BCUT2D eigenvalue weighted by atomic mass is 16.5.